The normalized spacial score (nSPS) is 13.8. The molecule has 20 heavy (non-hydrogen) atoms. The van der Waals surface area contributed by atoms with Gasteiger partial charge in [0.15, 0.2) is 5.82 Å². The standard InChI is InChI=1S/C14H21N5O/c1-3-16-12-9-14(18-13(17-12)10-20-2)19(8-4-7-15)11-5-6-11/h9,11H,3-6,8,10H2,1-2H3,(H,16,17,18). The van der Waals surface area contributed by atoms with Crippen LogP contribution in [0.3, 0.4) is 0 Å². The number of rotatable bonds is 8. The maximum Gasteiger partial charge on any atom is 0.158 e. The highest BCUT2D eigenvalue weighted by Gasteiger charge is 2.30. The van der Waals surface area contributed by atoms with Crippen LogP contribution in [0.5, 0.6) is 0 Å². The fraction of sp³-hybridized carbons (Fsp3) is 0.643. The Morgan fingerprint density at radius 2 is 2.30 bits per heavy atom. The Bertz CT molecular complexity index is 457. The van der Waals surface area contributed by atoms with E-state index in [-0.39, 0.29) is 0 Å². The van der Waals surface area contributed by atoms with E-state index in [1.807, 2.05) is 13.0 Å². The molecule has 0 radical (unpaired) electrons. The SMILES string of the molecule is CCNc1cc(N(CCC#N)C2CC2)nc(COC)n1. The van der Waals surface area contributed by atoms with Gasteiger partial charge in [0.25, 0.3) is 0 Å². The summed E-state index contributed by atoms with van der Waals surface area (Å²) in [5.41, 5.74) is 0. The monoisotopic (exact) mass is 275 g/mol. The first-order chi connectivity index (χ1) is 9.78. The Hall–Kier alpha value is -1.87. The molecule has 1 aromatic rings. The molecule has 0 aromatic carbocycles. The van der Waals surface area contributed by atoms with Crippen LogP contribution in [-0.2, 0) is 11.3 Å². The van der Waals surface area contributed by atoms with Crippen LogP contribution in [0.15, 0.2) is 6.07 Å². The molecule has 1 saturated carbocycles. The van der Waals surface area contributed by atoms with E-state index >= 15 is 0 Å². The molecular formula is C14H21N5O. The van der Waals surface area contributed by atoms with Gasteiger partial charge in [-0.1, -0.05) is 0 Å². The lowest BCUT2D eigenvalue weighted by molar-refractivity contribution is 0.178. The molecule has 0 spiro atoms. The summed E-state index contributed by atoms with van der Waals surface area (Å²) in [5.74, 6) is 2.37. The second kappa shape index (κ2) is 7.06. The zero-order valence-corrected chi connectivity index (χ0v) is 12.1. The van der Waals surface area contributed by atoms with Crippen molar-refractivity contribution in [3.05, 3.63) is 11.9 Å². The van der Waals surface area contributed by atoms with Gasteiger partial charge in [0.1, 0.15) is 18.2 Å². The maximum atomic E-state index is 8.80. The molecule has 0 unspecified atom stereocenters. The highest BCUT2D eigenvalue weighted by atomic mass is 16.5. The number of anilines is 2. The van der Waals surface area contributed by atoms with Crippen molar-refractivity contribution >= 4 is 11.6 Å². The third-order valence-corrected chi connectivity index (χ3v) is 3.14. The Labute approximate surface area is 119 Å². The molecular weight excluding hydrogens is 254 g/mol. The van der Waals surface area contributed by atoms with Gasteiger partial charge in [-0.2, -0.15) is 5.26 Å². The van der Waals surface area contributed by atoms with Crippen molar-refractivity contribution in [1.29, 1.82) is 5.26 Å². The Morgan fingerprint density at radius 1 is 1.50 bits per heavy atom. The van der Waals surface area contributed by atoms with Gasteiger partial charge in [0.05, 0.1) is 12.5 Å². The summed E-state index contributed by atoms with van der Waals surface area (Å²) >= 11 is 0. The number of nitrogens with one attached hydrogen (secondary N) is 1. The van der Waals surface area contributed by atoms with Crippen LogP contribution >= 0.6 is 0 Å². The van der Waals surface area contributed by atoms with Gasteiger partial charge in [-0.05, 0) is 19.8 Å². The van der Waals surface area contributed by atoms with Crippen LogP contribution in [0.25, 0.3) is 0 Å². The number of hydrogen-bond acceptors (Lipinski definition) is 6. The smallest absolute Gasteiger partial charge is 0.158 e. The predicted molar refractivity (Wildman–Crippen MR) is 77.5 cm³/mol. The van der Waals surface area contributed by atoms with Crippen LogP contribution in [0, 0.1) is 11.3 Å². The van der Waals surface area contributed by atoms with Gasteiger partial charge < -0.3 is 15.0 Å². The first kappa shape index (κ1) is 14.5. The van der Waals surface area contributed by atoms with E-state index in [9.17, 15) is 0 Å². The number of methoxy groups -OCH3 is 1. The average molecular weight is 275 g/mol. The lowest BCUT2D eigenvalue weighted by Gasteiger charge is -2.23. The van der Waals surface area contributed by atoms with Crippen LogP contribution in [0.1, 0.15) is 32.0 Å². The quantitative estimate of drug-likeness (QED) is 0.781. The summed E-state index contributed by atoms with van der Waals surface area (Å²) < 4.78 is 5.13. The summed E-state index contributed by atoms with van der Waals surface area (Å²) in [6.07, 6.45) is 2.85. The van der Waals surface area contributed by atoms with Gasteiger partial charge >= 0.3 is 0 Å². The molecule has 0 atom stereocenters. The van der Waals surface area contributed by atoms with E-state index in [1.165, 1.54) is 12.8 Å². The molecule has 0 amide bonds. The first-order valence-electron chi connectivity index (χ1n) is 7.02. The number of hydrogen-bond donors (Lipinski definition) is 1. The predicted octanol–water partition coefficient (Wildman–Crippen LogP) is 1.94. The summed E-state index contributed by atoms with van der Waals surface area (Å²) in [7, 11) is 1.64. The van der Waals surface area contributed by atoms with Gasteiger partial charge in [0.2, 0.25) is 0 Å². The minimum atomic E-state index is 0.392. The van der Waals surface area contributed by atoms with Crippen molar-refractivity contribution in [2.75, 3.05) is 30.4 Å². The van der Waals surface area contributed by atoms with Gasteiger partial charge in [-0.15, -0.1) is 0 Å². The number of nitriles is 1. The van der Waals surface area contributed by atoms with E-state index in [0.717, 1.165) is 24.7 Å². The summed E-state index contributed by atoms with van der Waals surface area (Å²) in [6, 6.07) is 4.68. The molecule has 0 saturated heterocycles. The molecule has 2 rings (SSSR count). The van der Waals surface area contributed by atoms with Crippen molar-refractivity contribution in [2.45, 2.75) is 38.8 Å². The van der Waals surface area contributed by atoms with E-state index in [1.54, 1.807) is 7.11 Å². The topological polar surface area (TPSA) is 74.1 Å². The van der Waals surface area contributed by atoms with Crippen molar-refractivity contribution < 1.29 is 4.74 Å². The van der Waals surface area contributed by atoms with E-state index in [0.29, 0.717) is 24.9 Å². The van der Waals surface area contributed by atoms with Gasteiger partial charge in [-0.25, -0.2) is 9.97 Å². The van der Waals surface area contributed by atoms with Crippen LogP contribution in [-0.4, -0.2) is 36.2 Å². The largest absolute Gasteiger partial charge is 0.377 e. The van der Waals surface area contributed by atoms with Crippen molar-refractivity contribution in [1.82, 2.24) is 9.97 Å². The molecule has 6 nitrogen and oxygen atoms in total. The van der Waals surface area contributed by atoms with Crippen molar-refractivity contribution in [2.24, 2.45) is 0 Å². The molecule has 108 valence electrons. The number of aromatic nitrogens is 2. The average Bonchev–Trinajstić information content (AvgIpc) is 3.24. The lowest BCUT2D eigenvalue weighted by Crippen LogP contribution is -2.28. The highest BCUT2D eigenvalue weighted by Crippen LogP contribution is 2.31. The van der Waals surface area contributed by atoms with Gasteiger partial charge in [-0.3, -0.25) is 0 Å². The number of nitrogens with zero attached hydrogens (tertiary/aromatic N) is 4. The van der Waals surface area contributed by atoms with Crippen LogP contribution in [0.4, 0.5) is 11.6 Å². The summed E-state index contributed by atoms with van der Waals surface area (Å²) in [4.78, 5) is 11.2. The molecule has 1 N–H and O–H groups in total. The second-order valence-electron chi connectivity index (χ2n) is 4.82. The van der Waals surface area contributed by atoms with Crippen molar-refractivity contribution in [3.8, 4) is 6.07 Å². The molecule has 0 bridgehead atoms. The molecule has 1 heterocycles. The molecule has 0 aliphatic heterocycles. The molecule has 1 fully saturated rings. The Morgan fingerprint density at radius 3 is 2.90 bits per heavy atom. The highest BCUT2D eigenvalue weighted by molar-refractivity contribution is 5.51. The minimum Gasteiger partial charge on any atom is -0.377 e. The Balaban J connectivity index is 2.24. The Kier molecular flexibility index (Phi) is 5.13. The maximum absolute atomic E-state index is 8.80. The zero-order chi connectivity index (χ0) is 14.4. The van der Waals surface area contributed by atoms with Crippen molar-refractivity contribution in [3.63, 3.8) is 0 Å². The van der Waals surface area contributed by atoms with E-state index in [2.05, 4.69) is 26.3 Å². The summed E-state index contributed by atoms with van der Waals surface area (Å²) in [6.45, 7) is 3.95. The zero-order valence-electron chi connectivity index (χ0n) is 12.1. The lowest BCUT2D eigenvalue weighted by atomic mass is 10.3. The third-order valence-electron chi connectivity index (χ3n) is 3.14. The minimum absolute atomic E-state index is 0.392. The molecule has 1 aliphatic rings. The second-order valence-corrected chi connectivity index (χ2v) is 4.82. The molecule has 6 heteroatoms. The van der Waals surface area contributed by atoms with Crippen LogP contribution < -0.4 is 10.2 Å². The third kappa shape index (κ3) is 3.81. The number of ether oxygens (including phenoxy) is 1. The fourth-order valence-corrected chi connectivity index (χ4v) is 2.14. The molecule has 1 aromatic heterocycles. The molecule has 1 aliphatic carbocycles. The summed E-state index contributed by atoms with van der Waals surface area (Å²) in [5, 5.41) is 12.0. The van der Waals surface area contributed by atoms with Gasteiger partial charge in [0, 0.05) is 32.3 Å². The van der Waals surface area contributed by atoms with E-state index in [4.69, 9.17) is 10.00 Å². The fourth-order valence-electron chi connectivity index (χ4n) is 2.14. The van der Waals surface area contributed by atoms with Crippen LogP contribution in [0.2, 0.25) is 0 Å². The van der Waals surface area contributed by atoms with E-state index < -0.39 is 0 Å². The first-order valence-corrected chi connectivity index (χ1v) is 7.02.